The Hall–Kier alpha value is -1.15. The van der Waals surface area contributed by atoms with E-state index >= 15 is 0 Å². The second-order valence-corrected chi connectivity index (χ2v) is 7.45. The molecule has 0 bridgehead atoms. The van der Waals surface area contributed by atoms with Gasteiger partial charge >= 0.3 is 0 Å². The lowest BCUT2D eigenvalue weighted by Gasteiger charge is -2.36. The van der Waals surface area contributed by atoms with Crippen molar-refractivity contribution in [1.82, 2.24) is 14.3 Å². The van der Waals surface area contributed by atoms with Crippen LogP contribution in [0.3, 0.4) is 0 Å². The molecule has 3 heterocycles. The number of halogens is 1. The third kappa shape index (κ3) is 2.86. The van der Waals surface area contributed by atoms with Crippen LogP contribution in [0.25, 0.3) is 11.0 Å². The van der Waals surface area contributed by atoms with Crippen molar-refractivity contribution in [1.29, 1.82) is 0 Å². The Morgan fingerprint density at radius 2 is 2.23 bits per heavy atom. The van der Waals surface area contributed by atoms with E-state index in [0.717, 1.165) is 19.3 Å². The van der Waals surface area contributed by atoms with Gasteiger partial charge in [0.2, 0.25) is 10.0 Å². The van der Waals surface area contributed by atoms with E-state index in [9.17, 15) is 8.42 Å². The molecule has 22 heavy (non-hydrogen) atoms. The Morgan fingerprint density at radius 1 is 1.45 bits per heavy atom. The van der Waals surface area contributed by atoms with E-state index in [1.54, 1.807) is 22.6 Å². The molecule has 2 aromatic rings. The highest BCUT2D eigenvalue weighted by Gasteiger charge is 2.36. The van der Waals surface area contributed by atoms with Crippen molar-refractivity contribution in [3.63, 3.8) is 0 Å². The fourth-order valence-corrected chi connectivity index (χ4v) is 4.95. The van der Waals surface area contributed by atoms with Gasteiger partial charge < -0.3 is 10.7 Å². The van der Waals surface area contributed by atoms with Gasteiger partial charge in [-0.3, -0.25) is 0 Å². The van der Waals surface area contributed by atoms with Crippen molar-refractivity contribution >= 4 is 33.5 Å². The van der Waals surface area contributed by atoms with Crippen molar-refractivity contribution in [3.8, 4) is 0 Å². The highest BCUT2D eigenvalue weighted by Crippen LogP contribution is 2.30. The predicted molar refractivity (Wildman–Crippen MR) is 88.5 cm³/mol. The van der Waals surface area contributed by atoms with Crippen LogP contribution in [0.1, 0.15) is 26.2 Å². The lowest BCUT2D eigenvalue weighted by atomic mass is 10.00. The highest BCUT2D eigenvalue weighted by molar-refractivity contribution is 7.89. The first-order valence-corrected chi connectivity index (χ1v) is 8.65. The zero-order valence-electron chi connectivity index (χ0n) is 12.4. The number of sulfonamides is 1. The average molecular weight is 345 g/mol. The number of nitrogens with zero attached hydrogens (tertiary/aromatic N) is 2. The van der Waals surface area contributed by atoms with E-state index in [4.69, 9.17) is 5.73 Å². The zero-order chi connectivity index (χ0) is 15.0. The molecule has 2 aromatic heterocycles. The lowest BCUT2D eigenvalue weighted by Crippen LogP contribution is -2.51. The molecule has 3 rings (SSSR count). The summed E-state index contributed by atoms with van der Waals surface area (Å²) in [7, 11) is -3.56. The Kier molecular flexibility index (Phi) is 5.11. The Bertz CT molecular complexity index is 744. The first kappa shape index (κ1) is 17.2. The minimum absolute atomic E-state index is 0. The molecule has 0 aliphatic carbocycles. The molecule has 0 saturated carbocycles. The number of hydrogen-bond donors (Lipinski definition) is 2. The second-order valence-electron chi connectivity index (χ2n) is 5.59. The summed E-state index contributed by atoms with van der Waals surface area (Å²) in [5.74, 6) is 0. The van der Waals surface area contributed by atoms with E-state index < -0.39 is 10.0 Å². The van der Waals surface area contributed by atoms with Crippen molar-refractivity contribution in [2.75, 3.05) is 6.54 Å². The average Bonchev–Trinajstić information content (AvgIpc) is 2.92. The van der Waals surface area contributed by atoms with Gasteiger partial charge in [0.15, 0.2) is 0 Å². The first-order chi connectivity index (χ1) is 10.0. The molecule has 1 aliphatic heterocycles. The number of rotatable bonds is 3. The van der Waals surface area contributed by atoms with Crippen LogP contribution in [0.2, 0.25) is 0 Å². The minimum atomic E-state index is -3.56. The first-order valence-electron chi connectivity index (χ1n) is 7.21. The van der Waals surface area contributed by atoms with Gasteiger partial charge in [0.1, 0.15) is 10.5 Å². The van der Waals surface area contributed by atoms with Gasteiger partial charge in [-0.25, -0.2) is 13.4 Å². The van der Waals surface area contributed by atoms with Crippen molar-refractivity contribution in [2.45, 2.75) is 43.2 Å². The van der Waals surface area contributed by atoms with Crippen LogP contribution in [0.5, 0.6) is 0 Å². The van der Waals surface area contributed by atoms with Crippen molar-refractivity contribution in [2.24, 2.45) is 5.73 Å². The number of aromatic nitrogens is 2. The van der Waals surface area contributed by atoms with Crippen LogP contribution >= 0.6 is 12.4 Å². The van der Waals surface area contributed by atoms with E-state index in [2.05, 4.69) is 9.97 Å². The normalized spacial score (nSPS) is 21.5. The molecule has 122 valence electrons. The van der Waals surface area contributed by atoms with Crippen LogP contribution in [0.4, 0.5) is 0 Å². The summed E-state index contributed by atoms with van der Waals surface area (Å²) in [5.41, 5.74) is 6.58. The summed E-state index contributed by atoms with van der Waals surface area (Å²) in [6, 6.07) is 3.21. The molecular weight excluding hydrogens is 324 g/mol. The number of pyridine rings is 1. The second kappa shape index (κ2) is 6.54. The molecule has 0 amide bonds. The van der Waals surface area contributed by atoms with Gasteiger partial charge in [-0.2, -0.15) is 4.31 Å². The summed E-state index contributed by atoms with van der Waals surface area (Å²) in [6.45, 7) is 2.40. The zero-order valence-corrected chi connectivity index (χ0v) is 14.0. The molecule has 6 nitrogen and oxygen atoms in total. The Morgan fingerprint density at radius 3 is 2.95 bits per heavy atom. The molecule has 0 aromatic carbocycles. The summed E-state index contributed by atoms with van der Waals surface area (Å²) >= 11 is 0. The maximum absolute atomic E-state index is 13.0. The molecular formula is C14H21ClN4O2S. The van der Waals surface area contributed by atoms with E-state index in [1.807, 2.05) is 6.92 Å². The smallest absolute Gasteiger partial charge is 0.245 e. The summed E-state index contributed by atoms with van der Waals surface area (Å²) < 4.78 is 27.6. The van der Waals surface area contributed by atoms with Crippen LogP contribution in [0, 0.1) is 0 Å². The molecule has 2 unspecified atom stereocenters. The Labute approximate surface area is 136 Å². The van der Waals surface area contributed by atoms with Crippen molar-refractivity contribution in [3.05, 3.63) is 24.5 Å². The largest absolute Gasteiger partial charge is 0.345 e. The molecule has 1 aliphatic rings. The van der Waals surface area contributed by atoms with Crippen LogP contribution < -0.4 is 5.73 Å². The standard InChI is InChI=1S/C14H20N4O2S.ClH/c1-10(15)12-6-2-3-8-18(12)21(19,20)13-9-17-14-11(13)5-4-7-16-14;/h4-5,7,9-10,12H,2-3,6,8,15H2,1H3,(H,16,17);1H. The minimum Gasteiger partial charge on any atom is -0.345 e. The molecule has 1 saturated heterocycles. The van der Waals surface area contributed by atoms with E-state index in [1.165, 1.54) is 6.20 Å². The maximum atomic E-state index is 13.0. The van der Waals surface area contributed by atoms with Gasteiger partial charge in [-0.1, -0.05) is 6.42 Å². The third-order valence-electron chi connectivity index (χ3n) is 4.11. The fraction of sp³-hybridized carbons (Fsp3) is 0.500. The molecule has 1 fully saturated rings. The number of fused-ring (bicyclic) bond motifs is 1. The number of piperidine rings is 1. The lowest BCUT2D eigenvalue weighted by molar-refractivity contribution is 0.227. The van der Waals surface area contributed by atoms with Crippen LogP contribution in [0.15, 0.2) is 29.4 Å². The molecule has 0 spiro atoms. The van der Waals surface area contributed by atoms with Gasteiger partial charge in [0, 0.05) is 36.4 Å². The van der Waals surface area contributed by atoms with Gasteiger partial charge in [-0.05, 0) is 31.9 Å². The number of nitrogens with one attached hydrogen (secondary N) is 1. The molecule has 2 atom stereocenters. The summed E-state index contributed by atoms with van der Waals surface area (Å²) in [6.07, 6.45) is 5.88. The van der Waals surface area contributed by atoms with Gasteiger partial charge in [0.25, 0.3) is 0 Å². The predicted octanol–water partition coefficient (Wildman–Crippen LogP) is 1.88. The SMILES string of the molecule is CC(N)C1CCCCN1S(=O)(=O)c1c[nH]c2ncccc12.Cl. The van der Waals surface area contributed by atoms with Crippen LogP contribution in [-0.2, 0) is 10.0 Å². The van der Waals surface area contributed by atoms with Crippen molar-refractivity contribution < 1.29 is 8.42 Å². The number of nitrogens with two attached hydrogens (primary N) is 1. The van der Waals surface area contributed by atoms with E-state index in [-0.39, 0.29) is 29.4 Å². The topological polar surface area (TPSA) is 92.1 Å². The maximum Gasteiger partial charge on any atom is 0.245 e. The molecule has 3 N–H and O–H groups in total. The summed E-state index contributed by atoms with van der Waals surface area (Å²) in [4.78, 5) is 7.37. The van der Waals surface area contributed by atoms with Crippen LogP contribution in [-0.4, -0.2) is 41.3 Å². The van der Waals surface area contributed by atoms with Gasteiger partial charge in [0.05, 0.1) is 0 Å². The number of hydrogen-bond acceptors (Lipinski definition) is 4. The number of aromatic amines is 1. The quantitative estimate of drug-likeness (QED) is 0.889. The molecule has 0 radical (unpaired) electrons. The molecule has 8 heteroatoms. The monoisotopic (exact) mass is 344 g/mol. The Balaban J connectivity index is 0.00000176. The summed E-state index contributed by atoms with van der Waals surface area (Å²) in [5, 5.41) is 0.631. The number of H-pyrrole nitrogens is 1. The fourth-order valence-electron chi connectivity index (χ4n) is 3.03. The van der Waals surface area contributed by atoms with E-state index in [0.29, 0.717) is 17.6 Å². The van der Waals surface area contributed by atoms with Gasteiger partial charge in [-0.15, -0.1) is 12.4 Å². The highest BCUT2D eigenvalue weighted by atomic mass is 35.5. The third-order valence-corrected chi connectivity index (χ3v) is 6.07.